The molecule has 0 aliphatic heterocycles. The van der Waals surface area contributed by atoms with Gasteiger partial charge in [-0.05, 0) is 31.4 Å². The molecule has 6 nitrogen and oxygen atoms in total. The highest BCUT2D eigenvalue weighted by atomic mass is 16.6. The van der Waals surface area contributed by atoms with Crippen LogP contribution in [0.15, 0.2) is 24.3 Å². The van der Waals surface area contributed by atoms with E-state index >= 15 is 0 Å². The van der Waals surface area contributed by atoms with Crippen molar-refractivity contribution in [1.82, 2.24) is 5.32 Å². The Morgan fingerprint density at radius 3 is 2.47 bits per heavy atom. The highest BCUT2D eigenvalue weighted by Crippen LogP contribution is 2.20. The van der Waals surface area contributed by atoms with E-state index in [9.17, 15) is 14.9 Å². The summed E-state index contributed by atoms with van der Waals surface area (Å²) < 4.78 is 4.98. The van der Waals surface area contributed by atoms with E-state index in [1.54, 1.807) is 0 Å². The lowest BCUT2D eigenvalue weighted by molar-refractivity contribution is -0.384. The van der Waals surface area contributed by atoms with Crippen LogP contribution < -0.4 is 10.1 Å². The molecule has 1 aliphatic carbocycles. The fraction of sp³-hybridized carbons (Fsp3) is 0.364. The van der Waals surface area contributed by atoms with Crippen molar-refractivity contribution >= 4 is 11.8 Å². The van der Waals surface area contributed by atoms with Crippen LogP contribution in [0.1, 0.15) is 19.3 Å². The summed E-state index contributed by atoms with van der Waals surface area (Å²) in [6, 6.07) is 5.61. The molecular weight excluding hydrogens is 224 g/mol. The number of rotatable bonds is 3. The molecule has 0 saturated heterocycles. The Morgan fingerprint density at radius 2 is 2.00 bits per heavy atom. The van der Waals surface area contributed by atoms with Gasteiger partial charge in [-0.2, -0.15) is 0 Å². The fourth-order valence-corrected chi connectivity index (χ4v) is 1.49. The van der Waals surface area contributed by atoms with E-state index in [1.807, 2.05) is 0 Å². The molecule has 1 saturated carbocycles. The number of carbonyl (C=O) groups is 1. The number of carbonyl (C=O) groups excluding carboxylic acids is 1. The van der Waals surface area contributed by atoms with Gasteiger partial charge in [0.05, 0.1) is 4.92 Å². The average molecular weight is 236 g/mol. The van der Waals surface area contributed by atoms with Crippen LogP contribution in [0.3, 0.4) is 0 Å². The van der Waals surface area contributed by atoms with Crippen LogP contribution in [0.25, 0.3) is 0 Å². The van der Waals surface area contributed by atoms with E-state index in [2.05, 4.69) is 5.32 Å². The lowest BCUT2D eigenvalue weighted by Crippen LogP contribution is -2.40. The largest absolute Gasteiger partial charge is 0.412 e. The van der Waals surface area contributed by atoms with Crippen molar-refractivity contribution in [2.75, 3.05) is 0 Å². The second-order valence-corrected chi connectivity index (χ2v) is 3.91. The average Bonchev–Trinajstić information content (AvgIpc) is 2.24. The third-order valence-electron chi connectivity index (χ3n) is 2.69. The topological polar surface area (TPSA) is 81.5 Å². The molecule has 1 fully saturated rings. The SMILES string of the molecule is O=C(NC1CCC1)Oc1ccc([N+](=O)[O-])cc1. The Bertz CT molecular complexity index is 426. The monoisotopic (exact) mass is 236 g/mol. The van der Waals surface area contributed by atoms with Crippen LogP contribution in [0, 0.1) is 10.1 Å². The van der Waals surface area contributed by atoms with Gasteiger partial charge in [0, 0.05) is 18.2 Å². The van der Waals surface area contributed by atoms with Crippen molar-refractivity contribution < 1.29 is 14.5 Å². The van der Waals surface area contributed by atoms with Gasteiger partial charge in [0.2, 0.25) is 0 Å². The van der Waals surface area contributed by atoms with Gasteiger partial charge in [-0.3, -0.25) is 10.1 Å². The summed E-state index contributed by atoms with van der Waals surface area (Å²) in [6.45, 7) is 0. The summed E-state index contributed by atoms with van der Waals surface area (Å²) >= 11 is 0. The lowest BCUT2D eigenvalue weighted by atomic mass is 9.93. The number of hydrogen-bond acceptors (Lipinski definition) is 4. The van der Waals surface area contributed by atoms with Crippen molar-refractivity contribution in [3.8, 4) is 5.75 Å². The maximum absolute atomic E-state index is 11.4. The number of amides is 1. The molecular formula is C11H12N2O4. The normalized spacial score (nSPS) is 14.8. The molecule has 1 N–H and O–H groups in total. The van der Waals surface area contributed by atoms with Crippen molar-refractivity contribution in [2.24, 2.45) is 0 Å². The van der Waals surface area contributed by atoms with Crippen LogP contribution in [-0.2, 0) is 0 Å². The lowest BCUT2D eigenvalue weighted by Gasteiger charge is -2.25. The number of nitrogens with one attached hydrogen (secondary N) is 1. The first-order valence-corrected chi connectivity index (χ1v) is 5.38. The van der Waals surface area contributed by atoms with E-state index in [4.69, 9.17) is 4.74 Å². The Balaban J connectivity index is 1.89. The molecule has 0 heterocycles. The second kappa shape index (κ2) is 4.82. The van der Waals surface area contributed by atoms with Gasteiger partial charge in [0.25, 0.3) is 5.69 Å². The van der Waals surface area contributed by atoms with Gasteiger partial charge in [-0.15, -0.1) is 0 Å². The molecule has 0 unspecified atom stereocenters. The zero-order chi connectivity index (χ0) is 12.3. The summed E-state index contributed by atoms with van der Waals surface area (Å²) in [7, 11) is 0. The Morgan fingerprint density at radius 1 is 1.35 bits per heavy atom. The van der Waals surface area contributed by atoms with Gasteiger partial charge in [0.1, 0.15) is 5.75 Å². The van der Waals surface area contributed by atoms with Crippen LogP contribution >= 0.6 is 0 Å². The van der Waals surface area contributed by atoms with Crippen molar-refractivity contribution in [2.45, 2.75) is 25.3 Å². The molecule has 0 atom stereocenters. The first-order chi connectivity index (χ1) is 8.15. The molecule has 1 amide bonds. The summed E-state index contributed by atoms with van der Waals surface area (Å²) in [5.74, 6) is 0.299. The van der Waals surface area contributed by atoms with Gasteiger partial charge in [-0.25, -0.2) is 4.79 Å². The van der Waals surface area contributed by atoms with E-state index in [1.165, 1.54) is 24.3 Å². The number of nitrogens with zero attached hydrogens (tertiary/aromatic N) is 1. The Labute approximate surface area is 97.7 Å². The predicted octanol–water partition coefficient (Wildman–Crippen LogP) is 2.24. The number of hydrogen-bond donors (Lipinski definition) is 1. The van der Waals surface area contributed by atoms with Gasteiger partial charge >= 0.3 is 6.09 Å². The molecule has 0 radical (unpaired) electrons. The first-order valence-electron chi connectivity index (χ1n) is 5.38. The summed E-state index contributed by atoms with van der Waals surface area (Å²) in [6.07, 6.45) is 2.58. The van der Waals surface area contributed by atoms with E-state index < -0.39 is 11.0 Å². The zero-order valence-electron chi connectivity index (χ0n) is 9.09. The number of nitro benzene ring substituents is 1. The first kappa shape index (κ1) is 11.4. The van der Waals surface area contributed by atoms with E-state index in [0.29, 0.717) is 5.75 Å². The highest BCUT2D eigenvalue weighted by molar-refractivity contribution is 5.70. The summed E-state index contributed by atoms with van der Waals surface area (Å²) in [5.41, 5.74) is -0.0308. The molecule has 1 aromatic rings. The number of ether oxygens (including phenoxy) is 1. The zero-order valence-corrected chi connectivity index (χ0v) is 9.09. The summed E-state index contributed by atoms with van der Waals surface area (Å²) in [4.78, 5) is 21.3. The fourth-order valence-electron chi connectivity index (χ4n) is 1.49. The molecule has 0 spiro atoms. The van der Waals surface area contributed by atoms with Crippen molar-refractivity contribution in [3.63, 3.8) is 0 Å². The standard InChI is InChI=1S/C11H12N2O4/c14-11(12-8-2-1-3-8)17-10-6-4-9(5-7-10)13(15)16/h4-8H,1-3H2,(H,12,14). The molecule has 17 heavy (non-hydrogen) atoms. The van der Waals surface area contributed by atoms with E-state index in [0.717, 1.165) is 19.3 Å². The minimum absolute atomic E-state index is 0.0308. The molecule has 90 valence electrons. The quantitative estimate of drug-likeness (QED) is 0.644. The molecule has 0 bridgehead atoms. The molecule has 0 aromatic heterocycles. The van der Waals surface area contributed by atoms with Gasteiger partial charge < -0.3 is 10.1 Å². The van der Waals surface area contributed by atoms with Gasteiger partial charge in [0.15, 0.2) is 0 Å². The third kappa shape index (κ3) is 2.93. The minimum atomic E-state index is -0.511. The second-order valence-electron chi connectivity index (χ2n) is 3.91. The smallest absolute Gasteiger partial charge is 0.410 e. The van der Waals surface area contributed by atoms with E-state index in [-0.39, 0.29) is 11.7 Å². The number of nitro groups is 1. The minimum Gasteiger partial charge on any atom is -0.410 e. The number of non-ortho nitro benzene ring substituents is 1. The third-order valence-corrected chi connectivity index (χ3v) is 2.69. The predicted molar refractivity (Wildman–Crippen MR) is 59.9 cm³/mol. The van der Waals surface area contributed by atoms with Crippen LogP contribution in [-0.4, -0.2) is 17.1 Å². The van der Waals surface area contributed by atoms with Gasteiger partial charge in [-0.1, -0.05) is 0 Å². The van der Waals surface area contributed by atoms with Crippen LogP contribution in [0.4, 0.5) is 10.5 Å². The molecule has 2 rings (SSSR count). The molecule has 1 aromatic carbocycles. The van der Waals surface area contributed by atoms with Crippen LogP contribution in [0.5, 0.6) is 5.75 Å². The maximum Gasteiger partial charge on any atom is 0.412 e. The Hall–Kier alpha value is -2.11. The highest BCUT2D eigenvalue weighted by Gasteiger charge is 2.20. The van der Waals surface area contributed by atoms with Crippen molar-refractivity contribution in [3.05, 3.63) is 34.4 Å². The maximum atomic E-state index is 11.4. The summed E-state index contributed by atoms with van der Waals surface area (Å²) in [5, 5.41) is 13.1. The molecule has 1 aliphatic rings. The Kier molecular flexibility index (Phi) is 3.22. The number of benzene rings is 1. The van der Waals surface area contributed by atoms with Crippen molar-refractivity contribution in [1.29, 1.82) is 0 Å². The molecule has 6 heteroatoms. The van der Waals surface area contributed by atoms with Crippen LogP contribution in [0.2, 0.25) is 0 Å².